The van der Waals surface area contributed by atoms with Crippen molar-refractivity contribution in [1.82, 2.24) is 0 Å². The van der Waals surface area contributed by atoms with Gasteiger partial charge < -0.3 is 5.73 Å². The van der Waals surface area contributed by atoms with Crippen LogP contribution in [0.5, 0.6) is 0 Å². The number of benzene rings is 1. The molecule has 0 aromatic heterocycles. The molecule has 0 saturated carbocycles. The summed E-state index contributed by atoms with van der Waals surface area (Å²) >= 11 is 1.73. The summed E-state index contributed by atoms with van der Waals surface area (Å²) in [5.41, 5.74) is 8.95. The minimum atomic E-state index is -0.599. The molecule has 1 aromatic rings. The molecule has 2 aliphatic rings. The number of primary amides is 1. The predicted octanol–water partition coefficient (Wildman–Crippen LogP) is 1.93. The van der Waals surface area contributed by atoms with Gasteiger partial charge in [0, 0.05) is 21.8 Å². The average Bonchev–Trinajstić information content (AvgIpc) is 2.58. The van der Waals surface area contributed by atoms with Crippen molar-refractivity contribution < 1.29 is 9.59 Å². The van der Waals surface area contributed by atoms with Gasteiger partial charge in [-0.1, -0.05) is 6.07 Å². The maximum absolute atomic E-state index is 12.2. The number of carbonyl (C=O) groups excluding carboxylic acids is 2. The van der Waals surface area contributed by atoms with E-state index < -0.39 is 5.91 Å². The summed E-state index contributed by atoms with van der Waals surface area (Å²) in [6.07, 6.45) is 0.748. The quantitative estimate of drug-likeness (QED) is 0.769. The number of rotatable bonds is 1. The summed E-state index contributed by atoms with van der Waals surface area (Å²) in [7, 11) is 0. The predicted molar refractivity (Wildman–Crippen MR) is 67.0 cm³/mol. The van der Waals surface area contributed by atoms with E-state index in [-0.39, 0.29) is 11.4 Å². The molecule has 0 bridgehead atoms. The molecule has 0 fully saturated rings. The normalized spacial score (nSPS) is 17.4. The molecule has 0 saturated heterocycles. The van der Waals surface area contributed by atoms with Crippen molar-refractivity contribution in [2.24, 2.45) is 5.73 Å². The lowest BCUT2D eigenvalue weighted by molar-refractivity contribution is -0.114. The van der Waals surface area contributed by atoms with E-state index in [0.29, 0.717) is 5.56 Å². The summed E-state index contributed by atoms with van der Waals surface area (Å²) in [6, 6.07) is 3.96. The number of Topliss-reactive ketones (excluding diaryl/α,β-unsaturated/α-hetero) is 1. The fourth-order valence-corrected chi connectivity index (χ4v) is 3.62. The van der Waals surface area contributed by atoms with Crippen LogP contribution in [-0.2, 0) is 4.79 Å². The second-order valence-electron chi connectivity index (χ2n) is 4.28. The second kappa shape index (κ2) is 3.47. The summed E-state index contributed by atoms with van der Waals surface area (Å²) in [4.78, 5) is 24.8. The van der Waals surface area contributed by atoms with Crippen LogP contribution >= 0.6 is 11.8 Å². The lowest BCUT2D eigenvalue weighted by Gasteiger charge is -2.17. The molecule has 0 unspecified atom stereocenters. The molecule has 0 atom stereocenters. The van der Waals surface area contributed by atoms with Crippen LogP contribution in [0.25, 0.3) is 5.57 Å². The Morgan fingerprint density at radius 3 is 2.82 bits per heavy atom. The van der Waals surface area contributed by atoms with Crippen molar-refractivity contribution >= 4 is 29.0 Å². The third kappa shape index (κ3) is 1.30. The number of nitrogens with two attached hydrogens (primary N) is 1. The molecule has 4 heteroatoms. The minimum absolute atomic E-state index is 0.190. The van der Waals surface area contributed by atoms with Gasteiger partial charge in [0.05, 0.1) is 5.57 Å². The fraction of sp³-hybridized carbons (Fsp3) is 0.231. The zero-order valence-electron chi connectivity index (χ0n) is 9.37. The Labute approximate surface area is 103 Å². The van der Waals surface area contributed by atoms with E-state index in [9.17, 15) is 9.59 Å². The first-order chi connectivity index (χ1) is 8.11. The first-order valence-corrected chi connectivity index (χ1v) is 6.44. The molecule has 1 aliphatic carbocycles. The molecule has 17 heavy (non-hydrogen) atoms. The summed E-state index contributed by atoms with van der Waals surface area (Å²) in [5, 5.41) is 0. The second-order valence-corrected chi connectivity index (χ2v) is 5.41. The summed E-state index contributed by atoms with van der Waals surface area (Å²) in [5.74, 6) is 0.109. The van der Waals surface area contributed by atoms with Gasteiger partial charge in [0.1, 0.15) is 0 Å². The van der Waals surface area contributed by atoms with Crippen molar-refractivity contribution in [3.63, 3.8) is 0 Å². The molecule has 0 radical (unpaired) electrons. The van der Waals surface area contributed by atoms with Crippen molar-refractivity contribution in [1.29, 1.82) is 0 Å². The highest BCUT2D eigenvalue weighted by atomic mass is 32.2. The minimum Gasteiger partial charge on any atom is -0.365 e. The van der Waals surface area contributed by atoms with Gasteiger partial charge in [-0.15, -0.1) is 11.8 Å². The Morgan fingerprint density at radius 1 is 1.35 bits per heavy atom. The van der Waals surface area contributed by atoms with Crippen molar-refractivity contribution in [3.8, 4) is 0 Å². The van der Waals surface area contributed by atoms with E-state index in [1.807, 2.05) is 19.1 Å². The van der Waals surface area contributed by atoms with E-state index in [0.717, 1.165) is 33.8 Å². The van der Waals surface area contributed by atoms with Crippen molar-refractivity contribution in [3.05, 3.63) is 34.4 Å². The van der Waals surface area contributed by atoms with Gasteiger partial charge in [-0.05, 0) is 30.5 Å². The van der Waals surface area contributed by atoms with Crippen LogP contribution in [-0.4, -0.2) is 17.4 Å². The molecule has 1 amide bonds. The zero-order chi connectivity index (χ0) is 12.2. The lowest BCUT2D eigenvalue weighted by Crippen LogP contribution is -2.19. The topological polar surface area (TPSA) is 60.2 Å². The van der Waals surface area contributed by atoms with Crippen LogP contribution in [0, 0.1) is 6.92 Å². The van der Waals surface area contributed by atoms with Crippen LogP contribution < -0.4 is 5.73 Å². The first-order valence-electron chi connectivity index (χ1n) is 5.45. The van der Waals surface area contributed by atoms with Gasteiger partial charge in [0.2, 0.25) is 0 Å². The number of hydrogen-bond donors (Lipinski definition) is 1. The SMILES string of the molecule is Cc1ccc2c3c1C(=O)C(C(N)=O)=C3CCS2. The Morgan fingerprint density at radius 2 is 2.12 bits per heavy atom. The largest absolute Gasteiger partial charge is 0.365 e. The Bertz CT molecular complexity index is 602. The smallest absolute Gasteiger partial charge is 0.252 e. The third-order valence-electron chi connectivity index (χ3n) is 3.29. The number of hydrogen-bond acceptors (Lipinski definition) is 3. The summed E-state index contributed by atoms with van der Waals surface area (Å²) < 4.78 is 0. The van der Waals surface area contributed by atoms with Crippen LogP contribution in [0.15, 0.2) is 22.6 Å². The van der Waals surface area contributed by atoms with Gasteiger partial charge in [-0.3, -0.25) is 9.59 Å². The standard InChI is InChI=1S/C13H11NO2S/c1-6-2-3-8-10-7(4-5-17-8)11(13(14)16)12(15)9(6)10/h2-3H,4-5H2,1H3,(H2,14,16). The first kappa shape index (κ1) is 10.6. The Balaban J connectivity index is 2.38. The molecular weight excluding hydrogens is 234 g/mol. The van der Waals surface area contributed by atoms with Crippen LogP contribution in [0.4, 0.5) is 0 Å². The molecule has 1 aromatic carbocycles. The van der Waals surface area contributed by atoms with E-state index in [1.165, 1.54) is 0 Å². The maximum Gasteiger partial charge on any atom is 0.252 e. The Hall–Kier alpha value is -1.55. The average molecular weight is 245 g/mol. The number of allylic oxidation sites excluding steroid dienone is 1. The number of aryl methyl sites for hydroxylation is 1. The number of amides is 1. The van der Waals surface area contributed by atoms with Crippen LogP contribution in [0.2, 0.25) is 0 Å². The highest BCUT2D eigenvalue weighted by molar-refractivity contribution is 7.99. The highest BCUT2D eigenvalue weighted by Gasteiger charge is 2.36. The fourth-order valence-electron chi connectivity index (χ4n) is 2.56. The molecule has 86 valence electrons. The lowest BCUT2D eigenvalue weighted by atomic mass is 9.99. The van der Waals surface area contributed by atoms with Gasteiger partial charge in [-0.25, -0.2) is 0 Å². The zero-order valence-corrected chi connectivity index (χ0v) is 10.2. The van der Waals surface area contributed by atoms with Crippen LogP contribution in [0.1, 0.15) is 27.9 Å². The Kier molecular flexibility index (Phi) is 2.16. The van der Waals surface area contributed by atoms with E-state index in [2.05, 4.69) is 0 Å². The van der Waals surface area contributed by atoms with Crippen LogP contribution in [0.3, 0.4) is 0 Å². The van der Waals surface area contributed by atoms with Gasteiger partial charge in [0.15, 0.2) is 5.78 Å². The molecule has 0 spiro atoms. The van der Waals surface area contributed by atoms with Crippen molar-refractivity contribution in [2.45, 2.75) is 18.2 Å². The van der Waals surface area contributed by atoms with E-state index in [4.69, 9.17) is 5.73 Å². The molecular formula is C13H11NO2S. The highest BCUT2D eigenvalue weighted by Crippen LogP contribution is 2.46. The molecule has 1 heterocycles. The molecule has 3 nitrogen and oxygen atoms in total. The van der Waals surface area contributed by atoms with Gasteiger partial charge in [-0.2, -0.15) is 0 Å². The molecule has 3 rings (SSSR count). The van der Waals surface area contributed by atoms with Gasteiger partial charge >= 0.3 is 0 Å². The number of ketones is 1. The number of carbonyl (C=O) groups is 2. The monoisotopic (exact) mass is 245 g/mol. The summed E-state index contributed by atoms with van der Waals surface area (Å²) in [6.45, 7) is 1.90. The third-order valence-corrected chi connectivity index (χ3v) is 4.35. The van der Waals surface area contributed by atoms with Gasteiger partial charge in [0.25, 0.3) is 5.91 Å². The van der Waals surface area contributed by atoms with Crippen molar-refractivity contribution in [2.75, 3.05) is 5.75 Å². The molecule has 1 aliphatic heterocycles. The van der Waals surface area contributed by atoms with E-state index >= 15 is 0 Å². The van der Waals surface area contributed by atoms with E-state index in [1.54, 1.807) is 11.8 Å². The number of thioether (sulfide) groups is 1. The molecule has 2 N–H and O–H groups in total. The maximum atomic E-state index is 12.2.